The summed E-state index contributed by atoms with van der Waals surface area (Å²) in [4.78, 5) is 22.5. The lowest BCUT2D eigenvalue weighted by Crippen LogP contribution is -2.25. The molecule has 3 aromatic rings. The number of fused-ring (bicyclic) bond motifs is 1. The molecule has 0 saturated heterocycles. The number of hydrogen-bond donors (Lipinski definition) is 2. The van der Waals surface area contributed by atoms with Gasteiger partial charge in [-0.2, -0.15) is 4.98 Å². The van der Waals surface area contributed by atoms with E-state index >= 15 is 0 Å². The van der Waals surface area contributed by atoms with Crippen LogP contribution in [-0.2, 0) is 11.0 Å². The zero-order valence-corrected chi connectivity index (χ0v) is 17.8. The summed E-state index contributed by atoms with van der Waals surface area (Å²) < 4.78 is 16.4. The second-order valence-corrected chi connectivity index (χ2v) is 8.98. The quantitative estimate of drug-likeness (QED) is 0.640. The van der Waals surface area contributed by atoms with Gasteiger partial charge in [0.2, 0.25) is 5.95 Å². The maximum atomic E-state index is 12.7. The molecule has 1 unspecified atom stereocenters. The molecule has 2 aromatic heterocycles. The third-order valence-electron chi connectivity index (χ3n) is 5.26. The molecule has 1 aliphatic carbocycles. The van der Waals surface area contributed by atoms with Gasteiger partial charge in [0.1, 0.15) is 21.7 Å². The molecule has 1 saturated carbocycles. The standard InChI is InChI=1S/C20H22ClN5O2S/c1-12-9-15(29(28)22-2)7-8-17(12)24-20-23-11-13-10-16(21)19(27)26(18(13)25-20)14-5-3-4-6-14/h7-11,14,22H,3-6H2,1-2H3,(H,23,24,25). The Morgan fingerprint density at radius 1 is 1.24 bits per heavy atom. The maximum Gasteiger partial charge on any atom is 0.271 e. The first-order valence-corrected chi connectivity index (χ1v) is 11.1. The van der Waals surface area contributed by atoms with Crippen LogP contribution in [0.3, 0.4) is 0 Å². The van der Waals surface area contributed by atoms with E-state index in [9.17, 15) is 9.00 Å². The minimum Gasteiger partial charge on any atom is -0.324 e. The number of aromatic nitrogens is 3. The topological polar surface area (TPSA) is 88.9 Å². The van der Waals surface area contributed by atoms with Gasteiger partial charge < -0.3 is 5.32 Å². The Hall–Kier alpha value is -2.29. The van der Waals surface area contributed by atoms with Crippen molar-refractivity contribution < 1.29 is 4.21 Å². The lowest BCUT2D eigenvalue weighted by atomic mass is 10.2. The first-order valence-electron chi connectivity index (χ1n) is 9.52. The fourth-order valence-corrected chi connectivity index (χ4v) is 4.70. The average molecular weight is 432 g/mol. The second kappa shape index (κ2) is 8.22. The zero-order chi connectivity index (χ0) is 20.5. The largest absolute Gasteiger partial charge is 0.324 e. The van der Waals surface area contributed by atoms with E-state index in [0.717, 1.165) is 42.3 Å². The van der Waals surface area contributed by atoms with E-state index in [0.29, 0.717) is 16.5 Å². The molecule has 1 fully saturated rings. The Labute approximate surface area is 176 Å². The van der Waals surface area contributed by atoms with Crippen molar-refractivity contribution in [2.75, 3.05) is 12.4 Å². The van der Waals surface area contributed by atoms with E-state index in [1.54, 1.807) is 29.9 Å². The van der Waals surface area contributed by atoms with Gasteiger partial charge in [-0.1, -0.05) is 24.4 Å². The summed E-state index contributed by atoms with van der Waals surface area (Å²) in [6.45, 7) is 1.92. The van der Waals surface area contributed by atoms with Crippen LogP contribution in [0.25, 0.3) is 11.0 Å². The molecular formula is C20H22ClN5O2S. The highest BCUT2D eigenvalue weighted by atomic mass is 35.5. The van der Waals surface area contributed by atoms with Gasteiger partial charge in [-0.3, -0.25) is 9.36 Å². The molecular weight excluding hydrogens is 410 g/mol. The van der Waals surface area contributed by atoms with Gasteiger partial charge in [-0.05, 0) is 56.6 Å². The minimum atomic E-state index is -1.24. The van der Waals surface area contributed by atoms with Crippen molar-refractivity contribution in [2.45, 2.75) is 43.5 Å². The fraction of sp³-hybridized carbons (Fsp3) is 0.350. The molecule has 1 aliphatic rings. The third kappa shape index (κ3) is 3.92. The van der Waals surface area contributed by atoms with Gasteiger partial charge in [-0.15, -0.1) is 0 Å². The number of nitrogens with zero attached hydrogens (tertiary/aromatic N) is 3. The summed E-state index contributed by atoms with van der Waals surface area (Å²) in [6, 6.07) is 7.23. The van der Waals surface area contributed by atoms with E-state index in [2.05, 4.69) is 20.0 Å². The highest BCUT2D eigenvalue weighted by molar-refractivity contribution is 7.83. The van der Waals surface area contributed by atoms with E-state index in [4.69, 9.17) is 11.6 Å². The molecule has 4 rings (SSSR count). The van der Waals surface area contributed by atoms with E-state index in [-0.39, 0.29) is 16.6 Å². The van der Waals surface area contributed by atoms with Crippen LogP contribution in [0.4, 0.5) is 11.6 Å². The van der Waals surface area contributed by atoms with Gasteiger partial charge in [-0.25, -0.2) is 13.9 Å². The van der Waals surface area contributed by atoms with Crippen LogP contribution in [0.1, 0.15) is 37.3 Å². The highest BCUT2D eigenvalue weighted by Crippen LogP contribution is 2.31. The molecule has 9 heteroatoms. The van der Waals surface area contributed by atoms with Crippen molar-refractivity contribution >= 4 is 45.3 Å². The van der Waals surface area contributed by atoms with Crippen LogP contribution in [0, 0.1) is 6.92 Å². The monoisotopic (exact) mass is 431 g/mol. The predicted octanol–water partition coefficient (Wildman–Crippen LogP) is 3.85. The number of hydrogen-bond acceptors (Lipinski definition) is 5. The van der Waals surface area contributed by atoms with Gasteiger partial charge in [0.25, 0.3) is 5.56 Å². The van der Waals surface area contributed by atoms with Crippen molar-refractivity contribution in [2.24, 2.45) is 0 Å². The van der Waals surface area contributed by atoms with Crippen LogP contribution >= 0.6 is 11.6 Å². The summed E-state index contributed by atoms with van der Waals surface area (Å²) in [6.07, 6.45) is 5.78. The summed E-state index contributed by atoms with van der Waals surface area (Å²) in [5.41, 5.74) is 2.11. The Morgan fingerprint density at radius 2 is 2.00 bits per heavy atom. The van der Waals surface area contributed by atoms with E-state index in [1.807, 2.05) is 19.1 Å². The third-order valence-corrected chi connectivity index (χ3v) is 6.59. The van der Waals surface area contributed by atoms with E-state index < -0.39 is 11.0 Å². The maximum absolute atomic E-state index is 12.7. The van der Waals surface area contributed by atoms with Gasteiger partial charge in [0.15, 0.2) is 0 Å². The van der Waals surface area contributed by atoms with Crippen molar-refractivity contribution in [3.63, 3.8) is 0 Å². The molecule has 0 amide bonds. The van der Waals surface area contributed by atoms with Crippen LogP contribution < -0.4 is 15.6 Å². The Balaban J connectivity index is 1.74. The number of nitrogens with one attached hydrogen (secondary N) is 2. The smallest absolute Gasteiger partial charge is 0.271 e. The number of rotatable bonds is 5. The average Bonchev–Trinajstić information content (AvgIpc) is 3.24. The van der Waals surface area contributed by atoms with Crippen LogP contribution in [0.15, 0.2) is 40.2 Å². The van der Waals surface area contributed by atoms with Gasteiger partial charge in [0.05, 0.1) is 4.90 Å². The molecule has 152 valence electrons. The summed E-state index contributed by atoms with van der Waals surface area (Å²) in [5, 5.41) is 4.14. The van der Waals surface area contributed by atoms with Crippen molar-refractivity contribution in [3.8, 4) is 0 Å². The minimum absolute atomic E-state index is 0.115. The molecule has 1 aromatic carbocycles. The molecule has 0 radical (unpaired) electrons. The molecule has 0 spiro atoms. The first-order chi connectivity index (χ1) is 14.0. The summed E-state index contributed by atoms with van der Waals surface area (Å²) >= 11 is 6.18. The number of halogens is 1. The second-order valence-electron chi connectivity index (χ2n) is 7.15. The Morgan fingerprint density at radius 3 is 2.69 bits per heavy atom. The Kier molecular flexibility index (Phi) is 5.67. The van der Waals surface area contributed by atoms with E-state index in [1.165, 1.54) is 0 Å². The molecule has 1 atom stereocenters. The summed E-state index contributed by atoms with van der Waals surface area (Å²) in [5.74, 6) is 0.400. The number of benzene rings is 1. The molecule has 0 bridgehead atoms. The van der Waals surface area contributed by atoms with Gasteiger partial charge >= 0.3 is 0 Å². The number of aryl methyl sites for hydroxylation is 1. The molecule has 2 heterocycles. The SMILES string of the molecule is CNS(=O)c1ccc(Nc2ncc3cc(Cl)c(=O)n(C4CCCC4)c3n2)c(C)c1. The molecule has 2 N–H and O–H groups in total. The zero-order valence-electron chi connectivity index (χ0n) is 16.2. The lowest BCUT2D eigenvalue weighted by Gasteiger charge is -2.17. The fourth-order valence-electron chi connectivity index (χ4n) is 3.78. The highest BCUT2D eigenvalue weighted by Gasteiger charge is 2.22. The van der Waals surface area contributed by atoms with Crippen LogP contribution in [0.5, 0.6) is 0 Å². The van der Waals surface area contributed by atoms with Crippen LogP contribution in [0.2, 0.25) is 5.02 Å². The lowest BCUT2D eigenvalue weighted by molar-refractivity contribution is 0.516. The number of anilines is 2. The normalized spacial score (nSPS) is 15.7. The van der Waals surface area contributed by atoms with Crippen molar-refractivity contribution in [1.82, 2.24) is 19.3 Å². The number of pyridine rings is 1. The van der Waals surface area contributed by atoms with Gasteiger partial charge in [0, 0.05) is 23.3 Å². The first kappa shape index (κ1) is 20.0. The van der Waals surface area contributed by atoms with Crippen LogP contribution in [-0.4, -0.2) is 25.8 Å². The molecule has 0 aliphatic heterocycles. The Bertz CT molecular complexity index is 1160. The summed E-state index contributed by atoms with van der Waals surface area (Å²) in [7, 11) is 0.406. The van der Waals surface area contributed by atoms with Crippen molar-refractivity contribution in [1.29, 1.82) is 0 Å². The predicted molar refractivity (Wildman–Crippen MR) is 116 cm³/mol. The van der Waals surface area contributed by atoms with Crippen molar-refractivity contribution in [3.05, 3.63) is 51.4 Å². The molecule has 29 heavy (non-hydrogen) atoms. The molecule has 7 nitrogen and oxygen atoms in total.